The summed E-state index contributed by atoms with van der Waals surface area (Å²) >= 11 is 1.54. The number of aryl methyl sites for hydroxylation is 1. The van der Waals surface area contributed by atoms with Gasteiger partial charge in [-0.3, -0.25) is 0 Å². The van der Waals surface area contributed by atoms with E-state index in [-0.39, 0.29) is 5.82 Å². The SMILES string of the molecule is COc1ccc(-c2nc(-c3cccc(F)c3)sc2C)cc1OC. The van der Waals surface area contributed by atoms with E-state index in [0.717, 1.165) is 26.7 Å². The van der Waals surface area contributed by atoms with Crippen LogP contribution in [-0.2, 0) is 0 Å². The van der Waals surface area contributed by atoms with Gasteiger partial charge in [0.1, 0.15) is 10.8 Å². The molecule has 1 heterocycles. The monoisotopic (exact) mass is 329 g/mol. The van der Waals surface area contributed by atoms with E-state index in [1.54, 1.807) is 31.6 Å². The molecule has 0 saturated heterocycles. The first-order valence-corrected chi connectivity index (χ1v) is 7.90. The van der Waals surface area contributed by atoms with Gasteiger partial charge in [-0.25, -0.2) is 9.37 Å². The maximum absolute atomic E-state index is 13.4. The van der Waals surface area contributed by atoms with Crippen molar-refractivity contribution >= 4 is 11.3 Å². The molecule has 3 rings (SSSR count). The van der Waals surface area contributed by atoms with Gasteiger partial charge in [0.2, 0.25) is 0 Å². The summed E-state index contributed by atoms with van der Waals surface area (Å²) in [5.41, 5.74) is 2.60. The fourth-order valence-corrected chi connectivity index (χ4v) is 3.32. The minimum absolute atomic E-state index is 0.261. The Bertz CT molecular complexity index is 845. The number of ether oxygens (including phenoxy) is 2. The van der Waals surface area contributed by atoms with Crippen molar-refractivity contribution in [1.29, 1.82) is 0 Å². The average molecular weight is 329 g/mol. The molecule has 2 aromatic carbocycles. The molecule has 118 valence electrons. The van der Waals surface area contributed by atoms with E-state index in [1.807, 2.05) is 31.2 Å². The minimum atomic E-state index is -0.261. The molecule has 0 bridgehead atoms. The second-order valence-corrected chi connectivity index (χ2v) is 6.21. The molecule has 0 atom stereocenters. The lowest BCUT2D eigenvalue weighted by Crippen LogP contribution is -1.91. The number of nitrogens with zero attached hydrogens (tertiary/aromatic N) is 1. The predicted molar refractivity (Wildman–Crippen MR) is 90.8 cm³/mol. The van der Waals surface area contributed by atoms with Crippen LogP contribution in [0.5, 0.6) is 11.5 Å². The number of halogens is 1. The molecule has 0 aliphatic carbocycles. The van der Waals surface area contributed by atoms with Crippen LogP contribution in [0.15, 0.2) is 42.5 Å². The molecule has 3 aromatic rings. The Balaban J connectivity index is 2.05. The zero-order valence-corrected chi connectivity index (χ0v) is 13.9. The quantitative estimate of drug-likeness (QED) is 0.679. The van der Waals surface area contributed by atoms with E-state index in [9.17, 15) is 4.39 Å². The van der Waals surface area contributed by atoms with Crippen LogP contribution in [0, 0.1) is 12.7 Å². The summed E-state index contributed by atoms with van der Waals surface area (Å²) in [5, 5.41) is 0.798. The van der Waals surface area contributed by atoms with Gasteiger partial charge in [0.05, 0.1) is 19.9 Å². The molecule has 5 heteroatoms. The van der Waals surface area contributed by atoms with Crippen molar-refractivity contribution in [3.8, 4) is 33.3 Å². The molecule has 3 nitrogen and oxygen atoms in total. The number of benzene rings is 2. The third-order valence-electron chi connectivity index (χ3n) is 3.53. The number of methoxy groups -OCH3 is 2. The summed E-state index contributed by atoms with van der Waals surface area (Å²) in [6.45, 7) is 2.01. The Labute approximate surface area is 138 Å². The molecule has 1 aromatic heterocycles. The van der Waals surface area contributed by atoms with Crippen molar-refractivity contribution in [2.75, 3.05) is 14.2 Å². The lowest BCUT2D eigenvalue weighted by Gasteiger charge is -2.08. The topological polar surface area (TPSA) is 31.4 Å². The van der Waals surface area contributed by atoms with Gasteiger partial charge in [0.25, 0.3) is 0 Å². The van der Waals surface area contributed by atoms with Gasteiger partial charge in [-0.1, -0.05) is 12.1 Å². The molecule has 0 saturated carbocycles. The molecular formula is C18H16FNO2S. The smallest absolute Gasteiger partial charge is 0.161 e. The molecular weight excluding hydrogens is 313 g/mol. The molecule has 0 aliphatic heterocycles. The molecule has 0 unspecified atom stereocenters. The number of aromatic nitrogens is 1. The lowest BCUT2D eigenvalue weighted by molar-refractivity contribution is 0.355. The van der Waals surface area contributed by atoms with E-state index in [1.165, 1.54) is 12.1 Å². The van der Waals surface area contributed by atoms with Crippen molar-refractivity contribution < 1.29 is 13.9 Å². The second kappa shape index (κ2) is 6.38. The number of hydrogen-bond acceptors (Lipinski definition) is 4. The van der Waals surface area contributed by atoms with E-state index in [2.05, 4.69) is 4.98 Å². The zero-order valence-electron chi connectivity index (χ0n) is 13.1. The summed E-state index contributed by atoms with van der Waals surface area (Å²) in [7, 11) is 3.21. The zero-order chi connectivity index (χ0) is 16.4. The van der Waals surface area contributed by atoms with Gasteiger partial charge in [-0.05, 0) is 37.3 Å². The summed E-state index contributed by atoms with van der Waals surface area (Å²) in [6, 6.07) is 12.2. The van der Waals surface area contributed by atoms with E-state index < -0.39 is 0 Å². The molecule has 0 spiro atoms. The number of thiazole rings is 1. The minimum Gasteiger partial charge on any atom is -0.493 e. The van der Waals surface area contributed by atoms with Crippen LogP contribution in [0.1, 0.15) is 4.88 Å². The lowest BCUT2D eigenvalue weighted by atomic mass is 10.1. The highest BCUT2D eigenvalue weighted by atomic mass is 32.1. The van der Waals surface area contributed by atoms with Crippen LogP contribution >= 0.6 is 11.3 Å². The van der Waals surface area contributed by atoms with E-state index >= 15 is 0 Å². The van der Waals surface area contributed by atoms with E-state index in [0.29, 0.717) is 11.5 Å². The Morgan fingerprint density at radius 1 is 0.957 bits per heavy atom. The Kier molecular flexibility index (Phi) is 4.30. The third-order valence-corrected chi connectivity index (χ3v) is 4.55. The van der Waals surface area contributed by atoms with Crippen LogP contribution in [-0.4, -0.2) is 19.2 Å². The van der Waals surface area contributed by atoms with Crippen molar-refractivity contribution in [2.24, 2.45) is 0 Å². The van der Waals surface area contributed by atoms with Gasteiger partial charge in [-0.15, -0.1) is 11.3 Å². The maximum Gasteiger partial charge on any atom is 0.161 e. The van der Waals surface area contributed by atoms with Gasteiger partial charge >= 0.3 is 0 Å². The summed E-state index contributed by atoms with van der Waals surface area (Å²) in [5.74, 6) is 1.07. The first-order chi connectivity index (χ1) is 11.1. The largest absolute Gasteiger partial charge is 0.493 e. The van der Waals surface area contributed by atoms with Crippen LogP contribution in [0.2, 0.25) is 0 Å². The van der Waals surface area contributed by atoms with Gasteiger partial charge in [0.15, 0.2) is 11.5 Å². The summed E-state index contributed by atoms with van der Waals surface area (Å²) < 4.78 is 24.0. The Hall–Kier alpha value is -2.40. The maximum atomic E-state index is 13.4. The van der Waals surface area contributed by atoms with Crippen LogP contribution in [0.3, 0.4) is 0 Å². The summed E-state index contributed by atoms with van der Waals surface area (Å²) in [4.78, 5) is 5.74. The highest BCUT2D eigenvalue weighted by molar-refractivity contribution is 7.15. The number of rotatable bonds is 4. The van der Waals surface area contributed by atoms with Crippen LogP contribution in [0.25, 0.3) is 21.8 Å². The number of hydrogen-bond donors (Lipinski definition) is 0. The van der Waals surface area contributed by atoms with Crippen molar-refractivity contribution in [1.82, 2.24) is 4.98 Å². The van der Waals surface area contributed by atoms with Crippen LogP contribution < -0.4 is 9.47 Å². The molecule has 23 heavy (non-hydrogen) atoms. The molecule has 0 aliphatic rings. The molecule has 0 fully saturated rings. The van der Waals surface area contributed by atoms with Crippen molar-refractivity contribution in [2.45, 2.75) is 6.92 Å². The van der Waals surface area contributed by atoms with Gasteiger partial charge in [0, 0.05) is 16.0 Å². The first kappa shape index (κ1) is 15.5. The van der Waals surface area contributed by atoms with Crippen molar-refractivity contribution in [3.63, 3.8) is 0 Å². The fraction of sp³-hybridized carbons (Fsp3) is 0.167. The normalized spacial score (nSPS) is 10.6. The Morgan fingerprint density at radius 2 is 1.74 bits per heavy atom. The standard InChI is InChI=1S/C18H16FNO2S/c1-11-17(12-7-8-15(21-2)16(10-12)22-3)20-18(23-11)13-5-4-6-14(19)9-13/h4-10H,1-3H3. The predicted octanol–water partition coefficient (Wildman–Crippen LogP) is 4.94. The van der Waals surface area contributed by atoms with E-state index in [4.69, 9.17) is 9.47 Å². The highest BCUT2D eigenvalue weighted by Crippen LogP contribution is 2.37. The van der Waals surface area contributed by atoms with Crippen molar-refractivity contribution in [3.05, 3.63) is 53.2 Å². The second-order valence-electron chi connectivity index (χ2n) is 5.00. The van der Waals surface area contributed by atoms with Gasteiger partial charge in [-0.2, -0.15) is 0 Å². The molecule has 0 N–H and O–H groups in total. The molecule has 0 radical (unpaired) electrons. The highest BCUT2D eigenvalue weighted by Gasteiger charge is 2.14. The average Bonchev–Trinajstić information content (AvgIpc) is 2.96. The Morgan fingerprint density at radius 3 is 2.43 bits per heavy atom. The summed E-state index contributed by atoms with van der Waals surface area (Å²) in [6.07, 6.45) is 0. The third kappa shape index (κ3) is 3.05. The van der Waals surface area contributed by atoms with Crippen LogP contribution in [0.4, 0.5) is 4.39 Å². The van der Waals surface area contributed by atoms with Gasteiger partial charge < -0.3 is 9.47 Å². The first-order valence-electron chi connectivity index (χ1n) is 7.08. The molecule has 0 amide bonds. The fourth-order valence-electron chi connectivity index (χ4n) is 2.39.